The molecule has 0 aliphatic heterocycles. The fourth-order valence-electron chi connectivity index (χ4n) is 2.04. The van der Waals surface area contributed by atoms with E-state index >= 15 is 0 Å². The second kappa shape index (κ2) is 7.38. The average Bonchev–Trinajstić information content (AvgIpc) is 2.87. The van der Waals surface area contributed by atoms with E-state index in [1.165, 1.54) is 8.95 Å². The third-order valence-electron chi connectivity index (χ3n) is 3.04. The normalized spacial score (nSPS) is 12.4. The van der Waals surface area contributed by atoms with Crippen LogP contribution in [0.5, 0.6) is 5.75 Å². The van der Waals surface area contributed by atoms with Gasteiger partial charge in [0, 0.05) is 11.6 Å². The van der Waals surface area contributed by atoms with Gasteiger partial charge in [0.1, 0.15) is 11.6 Å². The minimum Gasteiger partial charge on any atom is -0.497 e. The Morgan fingerprint density at radius 3 is 2.75 bits per heavy atom. The molecule has 0 amide bonds. The molecule has 0 spiro atoms. The maximum atomic E-state index is 14.3. The van der Waals surface area contributed by atoms with Gasteiger partial charge in [-0.1, -0.05) is 13.0 Å². The van der Waals surface area contributed by atoms with E-state index < -0.39 is 0 Å². The molecule has 2 rings (SSSR count). The number of nitrogens with one attached hydrogen (secondary N) is 1. The van der Waals surface area contributed by atoms with Gasteiger partial charge >= 0.3 is 0 Å². The van der Waals surface area contributed by atoms with Gasteiger partial charge in [-0.2, -0.15) is 0 Å². The summed E-state index contributed by atoms with van der Waals surface area (Å²) in [6.07, 6.45) is 1.01. The van der Waals surface area contributed by atoms with Crippen molar-refractivity contribution in [3.05, 3.63) is 49.5 Å². The van der Waals surface area contributed by atoms with E-state index in [2.05, 4.69) is 46.3 Å². The van der Waals surface area contributed by atoms with Crippen LogP contribution >= 0.6 is 33.9 Å². The minimum absolute atomic E-state index is 0.111. The molecule has 1 N–H and O–H groups in total. The molecule has 1 heterocycles. The van der Waals surface area contributed by atoms with E-state index in [4.69, 9.17) is 4.74 Å². The highest BCUT2D eigenvalue weighted by Crippen LogP contribution is 2.30. The van der Waals surface area contributed by atoms with Gasteiger partial charge < -0.3 is 10.1 Å². The van der Waals surface area contributed by atoms with Crippen molar-refractivity contribution in [1.82, 2.24) is 5.32 Å². The highest BCUT2D eigenvalue weighted by atomic mass is 127. The number of hydrogen-bond donors (Lipinski definition) is 1. The molecule has 0 saturated carbocycles. The molecule has 2 aromatic rings. The lowest BCUT2D eigenvalue weighted by molar-refractivity contribution is 0.410. The zero-order valence-electron chi connectivity index (χ0n) is 11.5. The van der Waals surface area contributed by atoms with Crippen molar-refractivity contribution in [3.8, 4) is 5.75 Å². The monoisotopic (exact) mass is 405 g/mol. The highest BCUT2D eigenvalue weighted by Gasteiger charge is 2.19. The Kier molecular flexibility index (Phi) is 5.80. The molecule has 0 aliphatic carbocycles. The van der Waals surface area contributed by atoms with Crippen LogP contribution < -0.4 is 10.1 Å². The molecular formula is C15H17FINOS. The van der Waals surface area contributed by atoms with Crippen molar-refractivity contribution in [3.63, 3.8) is 0 Å². The molecule has 108 valence electrons. The molecular weight excluding hydrogens is 388 g/mol. The number of rotatable bonds is 6. The van der Waals surface area contributed by atoms with Crippen molar-refractivity contribution in [2.75, 3.05) is 13.7 Å². The summed E-state index contributed by atoms with van der Waals surface area (Å²) in [5.74, 6) is 0.305. The van der Waals surface area contributed by atoms with Crippen molar-refractivity contribution in [2.24, 2.45) is 0 Å². The Morgan fingerprint density at radius 2 is 2.20 bits per heavy atom. The Morgan fingerprint density at radius 1 is 1.40 bits per heavy atom. The van der Waals surface area contributed by atoms with E-state index in [9.17, 15) is 4.39 Å². The van der Waals surface area contributed by atoms with E-state index in [0.717, 1.165) is 18.5 Å². The summed E-state index contributed by atoms with van der Waals surface area (Å²) < 4.78 is 20.6. The second-order valence-electron chi connectivity index (χ2n) is 4.46. The number of benzene rings is 1. The van der Waals surface area contributed by atoms with Gasteiger partial charge in [0.15, 0.2) is 0 Å². The molecule has 5 heteroatoms. The van der Waals surface area contributed by atoms with Crippen LogP contribution in [0.3, 0.4) is 0 Å². The van der Waals surface area contributed by atoms with Gasteiger partial charge in [-0.3, -0.25) is 0 Å². The predicted octanol–water partition coefficient (Wildman–Crippen LogP) is 4.59. The van der Waals surface area contributed by atoms with Gasteiger partial charge in [0.25, 0.3) is 0 Å². The van der Waals surface area contributed by atoms with Crippen molar-refractivity contribution in [1.29, 1.82) is 0 Å². The topological polar surface area (TPSA) is 21.3 Å². The number of ether oxygens (including phenoxy) is 1. The lowest BCUT2D eigenvalue weighted by Gasteiger charge is -2.19. The summed E-state index contributed by atoms with van der Waals surface area (Å²) in [6.45, 7) is 2.95. The SMILES string of the molecule is CCCNC(c1csc(I)c1)c1ccc(OC)cc1F. The summed E-state index contributed by atoms with van der Waals surface area (Å²) in [5.41, 5.74) is 1.77. The Bertz CT molecular complexity index is 573. The van der Waals surface area contributed by atoms with Gasteiger partial charge in [0.2, 0.25) is 0 Å². The quantitative estimate of drug-likeness (QED) is 0.710. The largest absolute Gasteiger partial charge is 0.497 e. The van der Waals surface area contributed by atoms with Gasteiger partial charge in [-0.05, 0) is 58.6 Å². The lowest BCUT2D eigenvalue weighted by atomic mass is 10.0. The molecule has 1 unspecified atom stereocenters. The molecule has 0 bridgehead atoms. The van der Waals surface area contributed by atoms with Gasteiger partial charge in [-0.25, -0.2) is 4.39 Å². The molecule has 2 nitrogen and oxygen atoms in total. The lowest BCUT2D eigenvalue weighted by Crippen LogP contribution is -2.23. The Hall–Kier alpha value is -0.660. The van der Waals surface area contributed by atoms with Crippen LogP contribution in [0.2, 0.25) is 0 Å². The molecule has 0 fully saturated rings. The van der Waals surface area contributed by atoms with Gasteiger partial charge in [0.05, 0.1) is 16.0 Å². The third kappa shape index (κ3) is 3.71. The molecule has 1 aromatic carbocycles. The molecule has 0 radical (unpaired) electrons. The van der Waals surface area contributed by atoms with E-state index in [0.29, 0.717) is 11.3 Å². The van der Waals surface area contributed by atoms with Crippen LogP contribution in [-0.2, 0) is 0 Å². The minimum atomic E-state index is -0.237. The van der Waals surface area contributed by atoms with E-state index in [1.807, 2.05) is 0 Å². The zero-order valence-corrected chi connectivity index (χ0v) is 14.4. The van der Waals surface area contributed by atoms with Crippen LogP contribution in [0.4, 0.5) is 4.39 Å². The average molecular weight is 405 g/mol. The van der Waals surface area contributed by atoms with Crippen LogP contribution in [0.25, 0.3) is 0 Å². The van der Waals surface area contributed by atoms with Gasteiger partial charge in [-0.15, -0.1) is 11.3 Å². The standard InChI is InChI=1S/C15H17FINOS/c1-3-6-18-15(10-7-14(17)20-9-10)12-5-4-11(19-2)8-13(12)16/h4-5,7-9,15,18H,3,6H2,1-2H3. The van der Waals surface area contributed by atoms with Crippen LogP contribution in [0, 0.1) is 8.70 Å². The summed E-state index contributed by atoms with van der Waals surface area (Å²) in [7, 11) is 1.54. The van der Waals surface area contributed by atoms with E-state index in [-0.39, 0.29) is 11.9 Å². The number of hydrogen-bond acceptors (Lipinski definition) is 3. The third-order valence-corrected chi connectivity index (χ3v) is 4.85. The summed E-state index contributed by atoms with van der Waals surface area (Å²) in [6, 6.07) is 7.03. The number of thiophene rings is 1. The summed E-state index contributed by atoms with van der Waals surface area (Å²) >= 11 is 3.96. The first-order valence-electron chi connectivity index (χ1n) is 6.46. The first kappa shape index (κ1) is 15.7. The molecule has 1 atom stereocenters. The van der Waals surface area contributed by atoms with Crippen molar-refractivity contribution < 1.29 is 9.13 Å². The highest BCUT2D eigenvalue weighted by molar-refractivity contribution is 14.1. The van der Waals surface area contributed by atoms with Crippen molar-refractivity contribution >= 4 is 33.9 Å². The Labute approximate surface area is 136 Å². The number of methoxy groups -OCH3 is 1. The fraction of sp³-hybridized carbons (Fsp3) is 0.333. The smallest absolute Gasteiger partial charge is 0.132 e. The zero-order chi connectivity index (χ0) is 14.5. The summed E-state index contributed by atoms with van der Waals surface area (Å²) in [5, 5.41) is 5.50. The van der Waals surface area contributed by atoms with Crippen LogP contribution in [0.1, 0.15) is 30.5 Å². The molecule has 0 aliphatic rings. The molecule has 1 aromatic heterocycles. The first-order valence-corrected chi connectivity index (χ1v) is 8.42. The molecule has 0 saturated heterocycles. The van der Waals surface area contributed by atoms with Crippen LogP contribution in [-0.4, -0.2) is 13.7 Å². The summed E-state index contributed by atoms with van der Waals surface area (Å²) in [4.78, 5) is 0. The predicted molar refractivity (Wildman–Crippen MR) is 90.1 cm³/mol. The van der Waals surface area contributed by atoms with Crippen molar-refractivity contribution in [2.45, 2.75) is 19.4 Å². The fourth-order valence-corrected chi connectivity index (χ4v) is 3.44. The van der Waals surface area contributed by atoms with Crippen LogP contribution in [0.15, 0.2) is 29.6 Å². The number of halogens is 2. The molecule has 20 heavy (non-hydrogen) atoms. The van der Waals surface area contributed by atoms with E-state index in [1.54, 1.807) is 30.6 Å². The maximum absolute atomic E-state index is 14.3. The first-order chi connectivity index (χ1) is 9.65. The maximum Gasteiger partial charge on any atom is 0.132 e. The Balaban J connectivity index is 2.35. The second-order valence-corrected chi connectivity index (χ2v) is 7.26.